The predicted molar refractivity (Wildman–Crippen MR) is 67.1 cm³/mol. The summed E-state index contributed by atoms with van der Waals surface area (Å²) in [5.41, 5.74) is 0. The first-order valence-electron chi connectivity index (χ1n) is 5.78. The summed E-state index contributed by atoms with van der Waals surface area (Å²) in [5, 5.41) is 0. The van der Waals surface area contributed by atoms with E-state index in [2.05, 4.69) is 49.7 Å². The SMILES string of the molecule is CCC(C)N(CC)CC[SiH](NC)NC. The molecule has 0 heterocycles. The molecule has 0 aliphatic rings. The summed E-state index contributed by atoms with van der Waals surface area (Å²) >= 11 is 0. The van der Waals surface area contributed by atoms with Crippen LogP contribution in [0.5, 0.6) is 0 Å². The van der Waals surface area contributed by atoms with Crippen LogP contribution < -0.4 is 9.96 Å². The van der Waals surface area contributed by atoms with Gasteiger partial charge >= 0.3 is 0 Å². The maximum atomic E-state index is 3.39. The van der Waals surface area contributed by atoms with Gasteiger partial charge in [0.05, 0.1) is 0 Å². The van der Waals surface area contributed by atoms with Gasteiger partial charge in [0.15, 0.2) is 9.12 Å². The summed E-state index contributed by atoms with van der Waals surface area (Å²) < 4.78 is 0. The third-order valence-corrected chi connectivity index (χ3v) is 5.25. The normalized spacial score (nSPS) is 13.9. The second-order valence-electron chi connectivity index (χ2n) is 3.80. The van der Waals surface area contributed by atoms with Crippen molar-refractivity contribution in [2.45, 2.75) is 39.3 Å². The molecule has 0 amide bonds. The van der Waals surface area contributed by atoms with E-state index in [9.17, 15) is 0 Å². The van der Waals surface area contributed by atoms with Gasteiger partial charge in [-0.15, -0.1) is 0 Å². The molecule has 2 N–H and O–H groups in total. The zero-order valence-corrected chi connectivity index (χ0v) is 11.6. The van der Waals surface area contributed by atoms with Crippen LogP contribution in [0, 0.1) is 0 Å². The standard InChI is InChI=1S/C10H27N3Si/c1-6-10(3)13(7-2)8-9-14(11-4)12-5/h10-12,14H,6-9H2,1-5H3. The smallest absolute Gasteiger partial charge is 0.185 e. The van der Waals surface area contributed by atoms with Gasteiger partial charge in [0.25, 0.3) is 0 Å². The van der Waals surface area contributed by atoms with E-state index < -0.39 is 9.12 Å². The fourth-order valence-electron chi connectivity index (χ4n) is 1.68. The molecule has 0 aromatic rings. The molecule has 0 aliphatic carbocycles. The third kappa shape index (κ3) is 5.10. The van der Waals surface area contributed by atoms with Crippen LogP contribution in [0.15, 0.2) is 0 Å². The van der Waals surface area contributed by atoms with Gasteiger partial charge in [-0.2, -0.15) is 0 Å². The van der Waals surface area contributed by atoms with Crippen molar-refractivity contribution in [3.63, 3.8) is 0 Å². The van der Waals surface area contributed by atoms with Gasteiger partial charge in [-0.05, 0) is 46.6 Å². The molecular weight excluding hydrogens is 190 g/mol. The molecule has 4 heteroatoms. The van der Waals surface area contributed by atoms with Crippen LogP contribution in [0.1, 0.15) is 27.2 Å². The zero-order valence-electron chi connectivity index (χ0n) is 10.4. The summed E-state index contributed by atoms with van der Waals surface area (Å²) in [4.78, 5) is 9.34. The Labute approximate surface area is 91.0 Å². The molecule has 1 unspecified atom stereocenters. The Balaban J connectivity index is 3.81. The van der Waals surface area contributed by atoms with Crippen molar-refractivity contribution in [3.05, 3.63) is 0 Å². The molecule has 0 aromatic carbocycles. The molecule has 0 radical (unpaired) electrons. The first kappa shape index (κ1) is 14.1. The van der Waals surface area contributed by atoms with Crippen molar-refractivity contribution in [2.24, 2.45) is 0 Å². The molecule has 0 rings (SSSR count). The minimum absolute atomic E-state index is 0.725. The van der Waals surface area contributed by atoms with Gasteiger partial charge in [-0.25, -0.2) is 0 Å². The Morgan fingerprint density at radius 1 is 1.21 bits per heavy atom. The van der Waals surface area contributed by atoms with Crippen molar-refractivity contribution < 1.29 is 0 Å². The Hall–Kier alpha value is 0.0969. The van der Waals surface area contributed by atoms with E-state index in [1.54, 1.807) is 0 Å². The largest absolute Gasteiger partial charge is 0.331 e. The monoisotopic (exact) mass is 217 g/mol. The molecule has 0 aromatic heterocycles. The predicted octanol–water partition coefficient (Wildman–Crippen LogP) is 0.766. The quantitative estimate of drug-likeness (QED) is 0.588. The molecule has 0 saturated heterocycles. The molecular formula is C10H27N3Si. The van der Waals surface area contributed by atoms with Crippen LogP contribution >= 0.6 is 0 Å². The second kappa shape index (κ2) is 8.41. The van der Waals surface area contributed by atoms with Crippen molar-refractivity contribution in [1.82, 2.24) is 14.9 Å². The Morgan fingerprint density at radius 3 is 2.14 bits per heavy atom. The maximum absolute atomic E-state index is 3.39. The molecule has 0 bridgehead atoms. The minimum atomic E-state index is -0.856. The van der Waals surface area contributed by atoms with Crippen molar-refractivity contribution in [3.8, 4) is 0 Å². The van der Waals surface area contributed by atoms with Crippen LogP contribution in [0.2, 0.25) is 6.04 Å². The molecule has 0 aliphatic heterocycles. The Morgan fingerprint density at radius 2 is 1.79 bits per heavy atom. The average molecular weight is 217 g/mol. The van der Waals surface area contributed by atoms with Gasteiger partial charge < -0.3 is 14.9 Å². The molecule has 0 spiro atoms. The fraction of sp³-hybridized carbons (Fsp3) is 1.00. The molecule has 3 nitrogen and oxygen atoms in total. The summed E-state index contributed by atoms with van der Waals surface area (Å²) in [5.74, 6) is 0. The lowest BCUT2D eigenvalue weighted by Gasteiger charge is -2.28. The fourth-order valence-corrected chi connectivity index (χ4v) is 3.13. The Bertz CT molecular complexity index is 129. The molecule has 0 saturated carbocycles. The number of nitrogens with zero attached hydrogens (tertiary/aromatic N) is 1. The maximum Gasteiger partial charge on any atom is 0.185 e. The number of hydrogen-bond donors (Lipinski definition) is 2. The highest BCUT2D eigenvalue weighted by Gasteiger charge is 2.12. The van der Waals surface area contributed by atoms with Crippen LogP contribution in [-0.4, -0.2) is 47.2 Å². The van der Waals surface area contributed by atoms with Crippen LogP contribution in [0.4, 0.5) is 0 Å². The van der Waals surface area contributed by atoms with Crippen molar-refractivity contribution >= 4 is 9.12 Å². The highest BCUT2D eigenvalue weighted by molar-refractivity contribution is 6.53. The van der Waals surface area contributed by atoms with E-state index >= 15 is 0 Å². The van der Waals surface area contributed by atoms with Crippen molar-refractivity contribution in [2.75, 3.05) is 27.2 Å². The Kier molecular flexibility index (Phi) is 8.47. The van der Waals surface area contributed by atoms with E-state index in [4.69, 9.17) is 0 Å². The second-order valence-corrected chi connectivity index (χ2v) is 6.64. The lowest BCUT2D eigenvalue weighted by molar-refractivity contribution is 0.225. The highest BCUT2D eigenvalue weighted by atomic mass is 28.3. The third-order valence-electron chi connectivity index (χ3n) is 3.02. The molecule has 1 atom stereocenters. The topological polar surface area (TPSA) is 27.3 Å². The van der Waals surface area contributed by atoms with Crippen LogP contribution in [0.3, 0.4) is 0 Å². The summed E-state index contributed by atoms with van der Waals surface area (Å²) in [7, 11) is 3.27. The zero-order chi connectivity index (χ0) is 11.0. The first-order chi connectivity index (χ1) is 6.69. The van der Waals surface area contributed by atoms with Gasteiger partial charge in [0.1, 0.15) is 0 Å². The van der Waals surface area contributed by atoms with Gasteiger partial charge in [-0.3, -0.25) is 0 Å². The highest BCUT2D eigenvalue weighted by Crippen LogP contribution is 2.04. The molecule has 0 fully saturated rings. The number of nitrogens with one attached hydrogen (secondary N) is 2. The van der Waals surface area contributed by atoms with Gasteiger partial charge in [0.2, 0.25) is 0 Å². The molecule has 14 heavy (non-hydrogen) atoms. The summed E-state index contributed by atoms with van der Waals surface area (Å²) in [6.07, 6.45) is 1.25. The summed E-state index contributed by atoms with van der Waals surface area (Å²) in [6, 6.07) is 2.02. The average Bonchev–Trinajstić information content (AvgIpc) is 2.24. The van der Waals surface area contributed by atoms with Crippen LogP contribution in [0.25, 0.3) is 0 Å². The first-order valence-corrected chi connectivity index (χ1v) is 7.75. The number of hydrogen-bond acceptors (Lipinski definition) is 3. The van der Waals surface area contributed by atoms with E-state index in [0.717, 1.165) is 6.04 Å². The van der Waals surface area contributed by atoms with Crippen LogP contribution in [-0.2, 0) is 0 Å². The van der Waals surface area contributed by atoms with Crippen molar-refractivity contribution in [1.29, 1.82) is 0 Å². The van der Waals surface area contributed by atoms with Gasteiger partial charge in [0, 0.05) is 6.04 Å². The lowest BCUT2D eigenvalue weighted by Crippen LogP contribution is -2.46. The number of rotatable bonds is 8. The van der Waals surface area contributed by atoms with E-state index in [0.29, 0.717) is 0 Å². The summed E-state index contributed by atoms with van der Waals surface area (Å²) in [6.45, 7) is 9.23. The van der Waals surface area contributed by atoms with E-state index in [1.165, 1.54) is 25.6 Å². The minimum Gasteiger partial charge on any atom is -0.331 e. The van der Waals surface area contributed by atoms with E-state index in [1.807, 2.05) is 0 Å². The van der Waals surface area contributed by atoms with E-state index in [-0.39, 0.29) is 0 Å². The van der Waals surface area contributed by atoms with Gasteiger partial charge in [-0.1, -0.05) is 13.8 Å². The lowest BCUT2D eigenvalue weighted by atomic mass is 10.2. The molecule has 86 valence electrons.